The van der Waals surface area contributed by atoms with Gasteiger partial charge < -0.3 is 5.11 Å². The fourth-order valence-corrected chi connectivity index (χ4v) is 1.97. The molecule has 2 aliphatic rings. The Balaban J connectivity index is 2.21. The minimum atomic E-state index is -0.735. The minimum absolute atomic E-state index is 0.285. The number of allylic oxidation sites excluding steroid dienone is 3. The Morgan fingerprint density at radius 1 is 1.55 bits per heavy atom. The predicted molar refractivity (Wildman–Crippen MR) is 41.1 cm³/mol. The summed E-state index contributed by atoms with van der Waals surface area (Å²) in [5.74, 6) is 0.0369. The summed E-state index contributed by atoms with van der Waals surface area (Å²) in [6.07, 6.45) is 7.93. The van der Waals surface area contributed by atoms with Crippen LogP contribution in [0.1, 0.15) is 12.8 Å². The molecule has 0 aromatic carbocycles. The van der Waals surface area contributed by atoms with Gasteiger partial charge in [0.15, 0.2) is 0 Å². The van der Waals surface area contributed by atoms with Crippen LogP contribution in [0.2, 0.25) is 0 Å². The first-order valence-electron chi connectivity index (χ1n) is 3.89. The maximum Gasteiger partial charge on any atom is 0.331 e. The lowest BCUT2D eigenvalue weighted by molar-refractivity contribution is -0.133. The van der Waals surface area contributed by atoms with Gasteiger partial charge in [-0.2, -0.15) is 0 Å². The molecule has 2 atom stereocenters. The number of rotatable bonds is 1. The monoisotopic (exact) mass is 150 g/mol. The van der Waals surface area contributed by atoms with E-state index in [9.17, 15) is 4.79 Å². The highest BCUT2D eigenvalue weighted by atomic mass is 16.4. The molecule has 2 nitrogen and oxygen atoms in total. The van der Waals surface area contributed by atoms with E-state index in [-0.39, 0.29) is 5.92 Å². The van der Waals surface area contributed by atoms with Gasteiger partial charge in [-0.3, -0.25) is 0 Å². The second kappa shape index (κ2) is 2.22. The summed E-state index contributed by atoms with van der Waals surface area (Å²) in [4.78, 5) is 10.6. The van der Waals surface area contributed by atoms with Crippen LogP contribution in [0.3, 0.4) is 0 Å². The molecule has 0 aromatic heterocycles. The SMILES string of the molecule is O=C(O)C1=CC[C@H]2C=CC[C@@H]12. The van der Waals surface area contributed by atoms with Crippen molar-refractivity contribution < 1.29 is 9.90 Å². The van der Waals surface area contributed by atoms with E-state index in [1.165, 1.54) is 0 Å². The Kier molecular flexibility index (Phi) is 1.34. The highest BCUT2D eigenvalue weighted by Crippen LogP contribution is 2.39. The Morgan fingerprint density at radius 2 is 2.36 bits per heavy atom. The summed E-state index contributed by atoms with van der Waals surface area (Å²) in [6.45, 7) is 0. The lowest BCUT2D eigenvalue weighted by Gasteiger charge is -2.09. The minimum Gasteiger partial charge on any atom is -0.478 e. The topological polar surface area (TPSA) is 37.3 Å². The largest absolute Gasteiger partial charge is 0.478 e. The van der Waals surface area contributed by atoms with Crippen LogP contribution in [0.5, 0.6) is 0 Å². The molecule has 11 heavy (non-hydrogen) atoms. The quantitative estimate of drug-likeness (QED) is 0.576. The van der Waals surface area contributed by atoms with Crippen molar-refractivity contribution in [2.24, 2.45) is 11.8 Å². The van der Waals surface area contributed by atoms with Gasteiger partial charge in [-0.05, 0) is 18.8 Å². The summed E-state index contributed by atoms with van der Waals surface area (Å²) in [6, 6.07) is 0. The summed E-state index contributed by atoms with van der Waals surface area (Å²) < 4.78 is 0. The van der Waals surface area contributed by atoms with Crippen LogP contribution in [0.15, 0.2) is 23.8 Å². The Hall–Kier alpha value is -1.05. The molecule has 0 heterocycles. The standard InChI is InChI=1S/C9H10O2/c10-9(11)8-5-4-6-2-1-3-7(6)8/h1-2,5-7H,3-4H2,(H,10,11)/t6-,7-/m1/s1. The molecule has 0 aromatic rings. The fraction of sp³-hybridized carbons (Fsp3) is 0.444. The van der Waals surface area contributed by atoms with Gasteiger partial charge in [0.1, 0.15) is 0 Å². The van der Waals surface area contributed by atoms with Gasteiger partial charge in [0, 0.05) is 11.5 Å². The Morgan fingerprint density at radius 3 is 3.09 bits per heavy atom. The van der Waals surface area contributed by atoms with Crippen LogP contribution in [-0.4, -0.2) is 11.1 Å². The van der Waals surface area contributed by atoms with Crippen LogP contribution in [0.4, 0.5) is 0 Å². The smallest absolute Gasteiger partial charge is 0.331 e. The number of fused-ring (bicyclic) bond motifs is 1. The molecule has 0 unspecified atom stereocenters. The number of carboxylic acid groups (broad SMARTS) is 1. The number of aliphatic carboxylic acids is 1. The maximum absolute atomic E-state index is 10.6. The van der Waals surface area contributed by atoms with Gasteiger partial charge >= 0.3 is 5.97 Å². The van der Waals surface area contributed by atoms with E-state index in [0.29, 0.717) is 11.5 Å². The lowest BCUT2D eigenvalue weighted by atomic mass is 9.94. The second-order valence-corrected chi connectivity index (χ2v) is 3.13. The Labute approximate surface area is 65.2 Å². The van der Waals surface area contributed by atoms with E-state index in [1.54, 1.807) is 0 Å². The molecule has 0 fully saturated rings. The highest BCUT2D eigenvalue weighted by molar-refractivity contribution is 5.88. The van der Waals surface area contributed by atoms with E-state index in [0.717, 1.165) is 12.8 Å². The van der Waals surface area contributed by atoms with Crippen LogP contribution in [-0.2, 0) is 4.79 Å². The zero-order valence-electron chi connectivity index (χ0n) is 6.16. The Bertz CT molecular complexity index is 250. The van der Waals surface area contributed by atoms with Crippen molar-refractivity contribution in [1.29, 1.82) is 0 Å². The summed E-state index contributed by atoms with van der Waals surface area (Å²) in [7, 11) is 0. The van der Waals surface area contributed by atoms with Crippen LogP contribution in [0, 0.1) is 11.8 Å². The number of carbonyl (C=O) groups is 1. The first kappa shape index (κ1) is 6.65. The van der Waals surface area contributed by atoms with Crippen molar-refractivity contribution in [3.05, 3.63) is 23.8 Å². The number of hydrogen-bond acceptors (Lipinski definition) is 1. The first-order valence-corrected chi connectivity index (χ1v) is 3.89. The van der Waals surface area contributed by atoms with Crippen molar-refractivity contribution in [3.63, 3.8) is 0 Å². The van der Waals surface area contributed by atoms with Gasteiger partial charge in [0.25, 0.3) is 0 Å². The van der Waals surface area contributed by atoms with E-state index in [1.807, 2.05) is 6.08 Å². The predicted octanol–water partition coefficient (Wildman–Crippen LogP) is 1.59. The maximum atomic E-state index is 10.6. The van der Waals surface area contributed by atoms with Gasteiger partial charge in [-0.25, -0.2) is 4.79 Å². The van der Waals surface area contributed by atoms with Crippen molar-refractivity contribution in [2.45, 2.75) is 12.8 Å². The zero-order chi connectivity index (χ0) is 7.84. The average Bonchev–Trinajstić information content (AvgIpc) is 2.41. The van der Waals surface area contributed by atoms with Gasteiger partial charge in [0.2, 0.25) is 0 Å². The summed E-state index contributed by atoms with van der Waals surface area (Å²) in [5.41, 5.74) is 0.625. The molecule has 58 valence electrons. The molecule has 2 aliphatic carbocycles. The van der Waals surface area contributed by atoms with Gasteiger partial charge in [0.05, 0.1) is 0 Å². The number of hydrogen-bond donors (Lipinski definition) is 1. The third-order valence-electron chi connectivity index (χ3n) is 2.55. The van der Waals surface area contributed by atoms with E-state index < -0.39 is 5.97 Å². The molecule has 0 radical (unpaired) electrons. The molecule has 2 heteroatoms. The van der Waals surface area contributed by atoms with E-state index >= 15 is 0 Å². The summed E-state index contributed by atoms with van der Waals surface area (Å²) >= 11 is 0. The zero-order valence-corrected chi connectivity index (χ0v) is 6.16. The first-order chi connectivity index (χ1) is 5.29. The molecular formula is C9H10O2. The van der Waals surface area contributed by atoms with Crippen LogP contribution in [0.25, 0.3) is 0 Å². The highest BCUT2D eigenvalue weighted by Gasteiger charge is 2.33. The normalized spacial score (nSPS) is 33.6. The molecule has 0 aliphatic heterocycles. The molecule has 0 saturated carbocycles. The molecule has 0 spiro atoms. The molecule has 2 rings (SSSR count). The average molecular weight is 150 g/mol. The number of carboxylic acids is 1. The van der Waals surface area contributed by atoms with E-state index in [4.69, 9.17) is 5.11 Å². The van der Waals surface area contributed by atoms with E-state index in [2.05, 4.69) is 12.2 Å². The second-order valence-electron chi connectivity index (χ2n) is 3.13. The van der Waals surface area contributed by atoms with Crippen LogP contribution < -0.4 is 0 Å². The molecule has 0 amide bonds. The molecule has 1 N–H and O–H groups in total. The molecule has 0 saturated heterocycles. The van der Waals surface area contributed by atoms with Crippen LogP contribution >= 0.6 is 0 Å². The third kappa shape index (κ3) is 0.897. The molecule has 0 bridgehead atoms. The van der Waals surface area contributed by atoms with Crippen molar-refractivity contribution in [3.8, 4) is 0 Å². The van der Waals surface area contributed by atoms with Crippen molar-refractivity contribution >= 4 is 5.97 Å². The van der Waals surface area contributed by atoms with Gasteiger partial charge in [-0.15, -0.1) is 0 Å². The van der Waals surface area contributed by atoms with Crippen molar-refractivity contribution in [2.75, 3.05) is 0 Å². The summed E-state index contributed by atoms with van der Waals surface area (Å²) in [5, 5.41) is 8.76. The van der Waals surface area contributed by atoms with Crippen molar-refractivity contribution in [1.82, 2.24) is 0 Å². The molecular weight excluding hydrogens is 140 g/mol. The fourth-order valence-electron chi connectivity index (χ4n) is 1.97. The third-order valence-corrected chi connectivity index (χ3v) is 2.55. The lowest BCUT2D eigenvalue weighted by Crippen LogP contribution is -2.10. The van der Waals surface area contributed by atoms with Gasteiger partial charge in [-0.1, -0.05) is 18.2 Å².